The fourth-order valence-corrected chi connectivity index (χ4v) is 3.12. The zero-order valence-corrected chi connectivity index (χ0v) is 9.95. The smallest absolute Gasteiger partial charge is 0.231 e. The van der Waals surface area contributed by atoms with E-state index in [9.17, 15) is 4.79 Å². The third-order valence-corrected chi connectivity index (χ3v) is 4.06. The van der Waals surface area contributed by atoms with Crippen LogP contribution in [-0.4, -0.2) is 43.5 Å². The van der Waals surface area contributed by atoms with Crippen LogP contribution in [-0.2, 0) is 4.79 Å². The van der Waals surface area contributed by atoms with Crippen LogP contribution >= 0.6 is 0 Å². The Balaban J connectivity index is 1.73. The van der Waals surface area contributed by atoms with E-state index in [1.165, 1.54) is 38.8 Å². The molecule has 0 unspecified atom stereocenters. The van der Waals surface area contributed by atoms with Gasteiger partial charge in [-0.2, -0.15) is 0 Å². The maximum atomic E-state index is 10.8. The Morgan fingerprint density at radius 2 is 1.69 bits per heavy atom. The highest BCUT2D eigenvalue weighted by Crippen LogP contribution is 2.30. The van der Waals surface area contributed by atoms with Gasteiger partial charge in [0.2, 0.25) is 5.91 Å². The number of hydrogen-bond acceptors (Lipinski definition) is 3. The molecule has 3 N–H and O–H groups in total. The largest absolute Gasteiger partial charge is 0.369 e. The molecule has 2 aliphatic rings. The van der Waals surface area contributed by atoms with Gasteiger partial charge in [0.15, 0.2) is 0 Å². The lowest BCUT2D eigenvalue weighted by Crippen LogP contribution is -2.42. The van der Waals surface area contributed by atoms with Crippen molar-refractivity contribution in [3.8, 4) is 0 Å². The first kappa shape index (κ1) is 11.9. The van der Waals surface area contributed by atoms with Crippen molar-refractivity contribution < 1.29 is 4.79 Å². The number of piperidine rings is 2. The van der Waals surface area contributed by atoms with Crippen molar-refractivity contribution in [2.45, 2.75) is 25.7 Å². The molecular formula is C12H23N3O. The van der Waals surface area contributed by atoms with Gasteiger partial charge < -0.3 is 11.1 Å². The highest BCUT2D eigenvalue weighted by Gasteiger charge is 2.27. The van der Waals surface area contributed by atoms with Crippen LogP contribution in [0.4, 0.5) is 0 Å². The molecule has 2 heterocycles. The summed E-state index contributed by atoms with van der Waals surface area (Å²) >= 11 is 0. The SMILES string of the molecule is NC(=O)CN1CCC(C2CCNCC2)CC1. The summed E-state index contributed by atoms with van der Waals surface area (Å²) < 4.78 is 0. The minimum Gasteiger partial charge on any atom is -0.369 e. The first-order valence-electron chi connectivity index (χ1n) is 6.47. The minimum atomic E-state index is -0.194. The second-order valence-corrected chi connectivity index (χ2v) is 5.17. The first-order chi connectivity index (χ1) is 7.75. The van der Waals surface area contributed by atoms with Crippen molar-refractivity contribution in [2.75, 3.05) is 32.7 Å². The zero-order valence-electron chi connectivity index (χ0n) is 9.95. The Hall–Kier alpha value is -0.610. The minimum absolute atomic E-state index is 0.194. The first-order valence-corrected chi connectivity index (χ1v) is 6.47. The van der Waals surface area contributed by atoms with E-state index in [4.69, 9.17) is 5.73 Å². The Kier molecular flexibility index (Phi) is 4.18. The van der Waals surface area contributed by atoms with Crippen molar-refractivity contribution >= 4 is 5.91 Å². The summed E-state index contributed by atoms with van der Waals surface area (Å²) in [6.07, 6.45) is 5.16. The maximum Gasteiger partial charge on any atom is 0.231 e. The number of hydrogen-bond donors (Lipinski definition) is 2. The Labute approximate surface area is 97.6 Å². The van der Waals surface area contributed by atoms with Crippen LogP contribution in [0, 0.1) is 11.8 Å². The average Bonchev–Trinajstić information content (AvgIpc) is 2.30. The molecule has 0 saturated carbocycles. The second kappa shape index (κ2) is 5.64. The molecule has 4 nitrogen and oxygen atoms in total. The summed E-state index contributed by atoms with van der Waals surface area (Å²) in [6, 6.07) is 0. The molecule has 2 fully saturated rings. The number of carbonyl (C=O) groups excluding carboxylic acids is 1. The van der Waals surface area contributed by atoms with Crippen LogP contribution in [0.1, 0.15) is 25.7 Å². The number of nitrogens with zero attached hydrogens (tertiary/aromatic N) is 1. The molecule has 4 heteroatoms. The average molecular weight is 225 g/mol. The molecule has 2 aliphatic heterocycles. The molecule has 0 aromatic heterocycles. The maximum absolute atomic E-state index is 10.8. The van der Waals surface area contributed by atoms with Gasteiger partial charge >= 0.3 is 0 Å². The van der Waals surface area contributed by atoms with Crippen LogP contribution in [0.5, 0.6) is 0 Å². The van der Waals surface area contributed by atoms with Gasteiger partial charge in [-0.3, -0.25) is 9.69 Å². The second-order valence-electron chi connectivity index (χ2n) is 5.17. The molecule has 92 valence electrons. The highest BCUT2D eigenvalue weighted by molar-refractivity contribution is 5.75. The van der Waals surface area contributed by atoms with Gasteiger partial charge in [0.1, 0.15) is 0 Å². The Morgan fingerprint density at radius 1 is 1.12 bits per heavy atom. The summed E-state index contributed by atoms with van der Waals surface area (Å²) in [5.41, 5.74) is 5.21. The quantitative estimate of drug-likeness (QED) is 0.720. The summed E-state index contributed by atoms with van der Waals surface area (Å²) in [5, 5.41) is 3.42. The Bertz CT molecular complexity index is 230. The van der Waals surface area contributed by atoms with E-state index in [1.54, 1.807) is 0 Å². The topological polar surface area (TPSA) is 58.4 Å². The molecule has 0 aromatic rings. The monoisotopic (exact) mass is 225 g/mol. The number of nitrogens with two attached hydrogens (primary N) is 1. The van der Waals surface area contributed by atoms with E-state index in [-0.39, 0.29) is 5.91 Å². The molecule has 0 aromatic carbocycles. The van der Waals surface area contributed by atoms with Crippen LogP contribution < -0.4 is 11.1 Å². The molecular weight excluding hydrogens is 202 g/mol. The highest BCUT2D eigenvalue weighted by atomic mass is 16.1. The fraction of sp³-hybridized carbons (Fsp3) is 0.917. The summed E-state index contributed by atoms with van der Waals surface area (Å²) in [4.78, 5) is 13.0. The van der Waals surface area contributed by atoms with Crippen LogP contribution in [0.3, 0.4) is 0 Å². The van der Waals surface area contributed by atoms with Gasteiger partial charge in [-0.05, 0) is 63.7 Å². The van der Waals surface area contributed by atoms with E-state index in [1.807, 2.05) is 0 Å². The van der Waals surface area contributed by atoms with Crippen molar-refractivity contribution in [2.24, 2.45) is 17.6 Å². The van der Waals surface area contributed by atoms with Crippen molar-refractivity contribution in [1.82, 2.24) is 10.2 Å². The molecule has 16 heavy (non-hydrogen) atoms. The van der Waals surface area contributed by atoms with Gasteiger partial charge in [-0.1, -0.05) is 0 Å². The summed E-state index contributed by atoms with van der Waals surface area (Å²) in [7, 11) is 0. The van der Waals surface area contributed by atoms with Crippen molar-refractivity contribution in [3.63, 3.8) is 0 Å². The molecule has 0 radical (unpaired) electrons. The number of carbonyl (C=O) groups is 1. The fourth-order valence-electron chi connectivity index (χ4n) is 3.12. The molecule has 2 rings (SSSR count). The predicted octanol–water partition coefficient (Wildman–Crippen LogP) is 0.183. The molecule has 0 aliphatic carbocycles. The lowest BCUT2D eigenvalue weighted by Gasteiger charge is -2.37. The lowest BCUT2D eigenvalue weighted by molar-refractivity contribution is -0.119. The van der Waals surface area contributed by atoms with Crippen LogP contribution in [0.2, 0.25) is 0 Å². The molecule has 0 atom stereocenters. The molecule has 1 amide bonds. The van der Waals surface area contributed by atoms with Gasteiger partial charge in [-0.25, -0.2) is 0 Å². The number of rotatable bonds is 3. The normalized spacial score (nSPS) is 25.8. The number of amides is 1. The van der Waals surface area contributed by atoms with E-state index in [0.29, 0.717) is 6.54 Å². The van der Waals surface area contributed by atoms with E-state index in [0.717, 1.165) is 24.9 Å². The predicted molar refractivity (Wildman–Crippen MR) is 64.0 cm³/mol. The van der Waals surface area contributed by atoms with E-state index in [2.05, 4.69) is 10.2 Å². The van der Waals surface area contributed by atoms with Crippen molar-refractivity contribution in [3.05, 3.63) is 0 Å². The van der Waals surface area contributed by atoms with Crippen molar-refractivity contribution in [1.29, 1.82) is 0 Å². The van der Waals surface area contributed by atoms with Gasteiger partial charge in [0.05, 0.1) is 6.54 Å². The molecule has 2 saturated heterocycles. The third kappa shape index (κ3) is 3.19. The lowest BCUT2D eigenvalue weighted by atomic mass is 9.79. The zero-order chi connectivity index (χ0) is 11.4. The Morgan fingerprint density at radius 3 is 2.25 bits per heavy atom. The standard InChI is InChI=1S/C12H23N3O/c13-12(16)9-15-7-3-11(4-8-15)10-1-5-14-6-2-10/h10-11,14H,1-9H2,(H2,13,16). The molecule has 0 bridgehead atoms. The number of primary amides is 1. The number of nitrogens with one attached hydrogen (secondary N) is 1. The van der Waals surface area contributed by atoms with Crippen LogP contribution in [0.25, 0.3) is 0 Å². The number of likely N-dealkylation sites (tertiary alicyclic amines) is 1. The van der Waals surface area contributed by atoms with E-state index >= 15 is 0 Å². The van der Waals surface area contributed by atoms with Crippen LogP contribution in [0.15, 0.2) is 0 Å². The summed E-state index contributed by atoms with van der Waals surface area (Å²) in [6.45, 7) is 4.92. The van der Waals surface area contributed by atoms with Gasteiger partial charge in [-0.15, -0.1) is 0 Å². The molecule has 0 spiro atoms. The summed E-state index contributed by atoms with van der Waals surface area (Å²) in [5.74, 6) is 1.60. The van der Waals surface area contributed by atoms with Gasteiger partial charge in [0, 0.05) is 0 Å². The van der Waals surface area contributed by atoms with E-state index < -0.39 is 0 Å². The van der Waals surface area contributed by atoms with Gasteiger partial charge in [0.25, 0.3) is 0 Å². The third-order valence-electron chi connectivity index (χ3n) is 4.06.